The van der Waals surface area contributed by atoms with Gasteiger partial charge in [0, 0.05) is 12.6 Å². The van der Waals surface area contributed by atoms with Gasteiger partial charge in [0.25, 0.3) is 0 Å². The van der Waals surface area contributed by atoms with E-state index in [2.05, 4.69) is 43.4 Å². The van der Waals surface area contributed by atoms with Gasteiger partial charge in [-0.25, -0.2) is 0 Å². The van der Waals surface area contributed by atoms with Gasteiger partial charge in [-0.3, -0.25) is 0 Å². The second kappa shape index (κ2) is 6.53. The van der Waals surface area contributed by atoms with Crippen LogP contribution in [0.1, 0.15) is 56.7 Å². The Bertz CT molecular complexity index is 400. The van der Waals surface area contributed by atoms with Crippen molar-refractivity contribution in [3.8, 4) is 0 Å². The van der Waals surface area contributed by atoms with Crippen molar-refractivity contribution in [3.63, 3.8) is 0 Å². The molecule has 0 amide bonds. The first-order valence-electron chi connectivity index (χ1n) is 7.57. The summed E-state index contributed by atoms with van der Waals surface area (Å²) >= 11 is 0. The highest BCUT2D eigenvalue weighted by atomic mass is 16.2. The van der Waals surface area contributed by atoms with Gasteiger partial charge in [-0.05, 0) is 55.2 Å². The van der Waals surface area contributed by atoms with Crippen LogP contribution in [-0.2, 0) is 6.42 Å². The van der Waals surface area contributed by atoms with E-state index in [1.165, 1.54) is 24.0 Å². The van der Waals surface area contributed by atoms with Gasteiger partial charge in [0.05, 0.1) is 0 Å². The van der Waals surface area contributed by atoms with Crippen molar-refractivity contribution < 1.29 is 5.11 Å². The first-order valence-corrected chi connectivity index (χ1v) is 7.57. The summed E-state index contributed by atoms with van der Waals surface area (Å²) in [5.41, 5.74) is 3.32. The van der Waals surface area contributed by atoms with Crippen molar-refractivity contribution in [2.24, 2.45) is 5.41 Å². The predicted molar refractivity (Wildman–Crippen MR) is 80.2 cm³/mol. The molecule has 0 aliphatic heterocycles. The van der Waals surface area contributed by atoms with E-state index in [1.54, 1.807) is 0 Å². The van der Waals surface area contributed by atoms with Gasteiger partial charge in [-0.15, -0.1) is 0 Å². The molecule has 0 radical (unpaired) electrons. The average molecular weight is 261 g/mol. The third kappa shape index (κ3) is 3.58. The third-order valence-electron chi connectivity index (χ3n) is 4.37. The van der Waals surface area contributed by atoms with Gasteiger partial charge < -0.3 is 10.4 Å². The van der Waals surface area contributed by atoms with E-state index in [-0.39, 0.29) is 0 Å². The van der Waals surface area contributed by atoms with Crippen LogP contribution < -0.4 is 5.32 Å². The lowest BCUT2D eigenvalue weighted by Crippen LogP contribution is -2.38. The van der Waals surface area contributed by atoms with Crippen molar-refractivity contribution in [1.82, 2.24) is 5.32 Å². The van der Waals surface area contributed by atoms with E-state index in [0.717, 1.165) is 25.8 Å². The van der Waals surface area contributed by atoms with Gasteiger partial charge in [0.1, 0.15) is 0 Å². The highest BCUT2D eigenvalue weighted by molar-refractivity contribution is 5.34. The Kier molecular flexibility index (Phi) is 5.00. The van der Waals surface area contributed by atoms with Gasteiger partial charge in [-0.1, -0.05) is 38.1 Å². The molecule has 1 aliphatic carbocycles. The molecule has 0 spiro atoms. The number of hydrogen-bond acceptors (Lipinski definition) is 2. The standard InChI is InChI=1S/C17H27NO/c1-17(2)11-10-14-8-4-5-9-15(14)16(17)18-12-6-3-7-13-19/h4-5,8-9,16,18-19H,3,6-7,10-13H2,1-2H3. The summed E-state index contributed by atoms with van der Waals surface area (Å²) in [6, 6.07) is 9.31. The number of unbranched alkanes of at least 4 members (excludes halogenated alkanes) is 2. The second-order valence-corrected chi connectivity index (χ2v) is 6.36. The Labute approximate surface area is 117 Å². The summed E-state index contributed by atoms with van der Waals surface area (Å²) in [7, 11) is 0. The number of benzene rings is 1. The molecule has 0 heterocycles. The van der Waals surface area contributed by atoms with Gasteiger partial charge in [0.15, 0.2) is 0 Å². The van der Waals surface area contributed by atoms with E-state index in [9.17, 15) is 0 Å². The molecule has 2 nitrogen and oxygen atoms in total. The molecule has 1 aromatic carbocycles. The molecule has 2 N–H and O–H groups in total. The largest absolute Gasteiger partial charge is 0.396 e. The molecule has 0 bridgehead atoms. The maximum absolute atomic E-state index is 8.81. The van der Waals surface area contributed by atoms with Crippen molar-refractivity contribution in [1.29, 1.82) is 0 Å². The summed E-state index contributed by atoms with van der Waals surface area (Å²) in [4.78, 5) is 0. The average Bonchev–Trinajstić information content (AvgIpc) is 2.40. The molecule has 106 valence electrons. The van der Waals surface area contributed by atoms with Crippen LogP contribution in [0.4, 0.5) is 0 Å². The first kappa shape index (κ1) is 14.5. The first-order chi connectivity index (χ1) is 9.15. The van der Waals surface area contributed by atoms with Crippen LogP contribution in [-0.4, -0.2) is 18.3 Å². The number of aryl methyl sites for hydroxylation is 1. The fourth-order valence-corrected chi connectivity index (χ4v) is 3.11. The fraction of sp³-hybridized carbons (Fsp3) is 0.647. The number of rotatable bonds is 6. The molecule has 1 aromatic rings. The zero-order chi connectivity index (χ0) is 13.7. The molecular weight excluding hydrogens is 234 g/mol. The normalized spacial score (nSPS) is 21.1. The Hall–Kier alpha value is -0.860. The summed E-state index contributed by atoms with van der Waals surface area (Å²) in [6.45, 7) is 6.10. The minimum atomic E-state index is 0.317. The number of fused-ring (bicyclic) bond motifs is 1. The zero-order valence-corrected chi connectivity index (χ0v) is 12.3. The van der Waals surface area contributed by atoms with E-state index in [1.807, 2.05) is 0 Å². The number of hydrogen-bond donors (Lipinski definition) is 2. The molecule has 0 saturated heterocycles. The summed E-state index contributed by atoms with van der Waals surface area (Å²) < 4.78 is 0. The van der Waals surface area contributed by atoms with E-state index in [0.29, 0.717) is 18.1 Å². The smallest absolute Gasteiger partial charge is 0.0431 e. The van der Waals surface area contributed by atoms with Crippen LogP contribution in [0.15, 0.2) is 24.3 Å². The zero-order valence-electron chi connectivity index (χ0n) is 12.3. The molecule has 1 unspecified atom stereocenters. The number of aliphatic hydroxyl groups is 1. The van der Waals surface area contributed by atoms with Crippen LogP contribution in [0, 0.1) is 5.41 Å². The minimum absolute atomic E-state index is 0.317. The fourth-order valence-electron chi connectivity index (χ4n) is 3.11. The SMILES string of the molecule is CC1(C)CCc2ccccc2C1NCCCCCO. The number of aliphatic hydroxyl groups excluding tert-OH is 1. The summed E-state index contributed by atoms with van der Waals surface area (Å²) in [5, 5.41) is 12.6. The highest BCUT2D eigenvalue weighted by Gasteiger charge is 2.34. The Morgan fingerprint density at radius 2 is 2.00 bits per heavy atom. The molecule has 0 saturated carbocycles. The van der Waals surface area contributed by atoms with Crippen molar-refractivity contribution in [2.75, 3.05) is 13.2 Å². The van der Waals surface area contributed by atoms with E-state index in [4.69, 9.17) is 5.11 Å². The molecule has 2 heteroatoms. The molecule has 1 aliphatic rings. The topological polar surface area (TPSA) is 32.3 Å². The lowest BCUT2D eigenvalue weighted by molar-refractivity contribution is 0.208. The highest BCUT2D eigenvalue weighted by Crippen LogP contribution is 2.43. The maximum atomic E-state index is 8.81. The van der Waals surface area contributed by atoms with Crippen molar-refractivity contribution >= 4 is 0 Å². The number of nitrogens with one attached hydrogen (secondary N) is 1. The van der Waals surface area contributed by atoms with Crippen LogP contribution in [0.25, 0.3) is 0 Å². The van der Waals surface area contributed by atoms with Gasteiger partial charge in [0.2, 0.25) is 0 Å². The van der Waals surface area contributed by atoms with Crippen LogP contribution in [0.5, 0.6) is 0 Å². The molecule has 0 aromatic heterocycles. The Morgan fingerprint density at radius 3 is 2.79 bits per heavy atom. The van der Waals surface area contributed by atoms with Crippen molar-refractivity contribution in [2.45, 2.75) is 52.0 Å². The molecule has 0 fully saturated rings. The minimum Gasteiger partial charge on any atom is -0.396 e. The molecule has 1 atom stereocenters. The molecule has 2 rings (SSSR count). The van der Waals surface area contributed by atoms with E-state index >= 15 is 0 Å². The third-order valence-corrected chi connectivity index (χ3v) is 4.37. The van der Waals surface area contributed by atoms with Gasteiger partial charge in [-0.2, -0.15) is 0 Å². The molecule has 19 heavy (non-hydrogen) atoms. The monoisotopic (exact) mass is 261 g/mol. The lowest BCUT2D eigenvalue weighted by Gasteiger charge is -2.40. The Balaban J connectivity index is 2.00. The predicted octanol–water partition coefficient (Wildman–Crippen LogP) is 3.45. The Morgan fingerprint density at radius 1 is 1.21 bits per heavy atom. The molecular formula is C17H27NO. The summed E-state index contributed by atoms with van der Waals surface area (Å²) in [6.07, 6.45) is 5.63. The second-order valence-electron chi connectivity index (χ2n) is 6.36. The van der Waals surface area contributed by atoms with E-state index < -0.39 is 0 Å². The van der Waals surface area contributed by atoms with Crippen molar-refractivity contribution in [3.05, 3.63) is 35.4 Å². The van der Waals surface area contributed by atoms with Crippen LogP contribution in [0.3, 0.4) is 0 Å². The lowest BCUT2D eigenvalue weighted by atomic mass is 9.70. The van der Waals surface area contributed by atoms with Crippen LogP contribution >= 0.6 is 0 Å². The summed E-state index contributed by atoms with van der Waals surface area (Å²) in [5.74, 6) is 0. The van der Waals surface area contributed by atoms with Gasteiger partial charge >= 0.3 is 0 Å². The quantitative estimate of drug-likeness (QED) is 0.769. The maximum Gasteiger partial charge on any atom is 0.0431 e. The van der Waals surface area contributed by atoms with Crippen LogP contribution in [0.2, 0.25) is 0 Å².